The highest BCUT2D eigenvalue weighted by Gasteiger charge is 2.11. The molecule has 3 aromatic carbocycles. The number of sulfonamides is 1. The minimum atomic E-state index is -3.43. The normalized spacial score (nSPS) is 11.4. The third-order valence-electron chi connectivity index (χ3n) is 4.01. The van der Waals surface area contributed by atoms with Gasteiger partial charge in [-0.05, 0) is 53.1 Å². The minimum absolute atomic E-state index is 0.0703. The first-order valence-electron chi connectivity index (χ1n) is 8.58. The van der Waals surface area contributed by atoms with Crippen LogP contribution < -0.4 is 9.46 Å². The fraction of sp³-hybridized carbons (Fsp3) is 0.143. The smallest absolute Gasteiger partial charge is 0.216 e. The summed E-state index contributed by atoms with van der Waals surface area (Å²) in [4.78, 5) is 0. The summed E-state index contributed by atoms with van der Waals surface area (Å²) in [5.41, 5.74) is 2.42. The Bertz CT molecular complexity index is 1010. The number of halogens is 2. The molecule has 0 amide bonds. The van der Waals surface area contributed by atoms with Crippen LogP contribution in [-0.2, 0) is 28.9 Å². The molecule has 0 bridgehead atoms. The molecule has 0 spiro atoms. The predicted octanol–water partition coefficient (Wildman–Crippen LogP) is 4.79. The third kappa shape index (κ3) is 6.44. The molecule has 0 atom stereocenters. The average molecular weight is 464 g/mol. The molecule has 3 aromatic rings. The van der Waals surface area contributed by atoms with Crippen molar-refractivity contribution in [2.75, 3.05) is 0 Å². The molecule has 0 radical (unpaired) electrons. The highest BCUT2D eigenvalue weighted by atomic mass is 79.9. The van der Waals surface area contributed by atoms with Crippen LogP contribution in [0.5, 0.6) is 5.75 Å². The van der Waals surface area contributed by atoms with Gasteiger partial charge in [-0.3, -0.25) is 0 Å². The van der Waals surface area contributed by atoms with Crippen LogP contribution in [0.4, 0.5) is 4.39 Å². The fourth-order valence-electron chi connectivity index (χ4n) is 2.50. The van der Waals surface area contributed by atoms with Crippen LogP contribution in [0.25, 0.3) is 0 Å². The van der Waals surface area contributed by atoms with Gasteiger partial charge in [0.25, 0.3) is 0 Å². The summed E-state index contributed by atoms with van der Waals surface area (Å²) in [7, 11) is -3.43. The van der Waals surface area contributed by atoms with Crippen LogP contribution in [0.3, 0.4) is 0 Å². The number of rotatable bonds is 8. The topological polar surface area (TPSA) is 55.4 Å². The summed E-state index contributed by atoms with van der Waals surface area (Å²) in [6.07, 6.45) is 0. The van der Waals surface area contributed by atoms with Gasteiger partial charge in [-0.25, -0.2) is 17.5 Å². The quantitative estimate of drug-likeness (QED) is 0.522. The predicted molar refractivity (Wildman–Crippen MR) is 111 cm³/mol. The van der Waals surface area contributed by atoms with Crippen molar-refractivity contribution in [3.05, 3.63) is 99.8 Å². The first-order valence-corrected chi connectivity index (χ1v) is 11.0. The van der Waals surface area contributed by atoms with Gasteiger partial charge in [0.2, 0.25) is 10.0 Å². The Morgan fingerprint density at radius 2 is 1.39 bits per heavy atom. The number of nitrogens with one attached hydrogen (secondary N) is 1. The molecule has 28 heavy (non-hydrogen) atoms. The van der Waals surface area contributed by atoms with E-state index in [0.29, 0.717) is 12.4 Å². The zero-order valence-corrected chi connectivity index (χ0v) is 17.3. The number of hydrogen-bond donors (Lipinski definition) is 1. The van der Waals surface area contributed by atoms with Crippen LogP contribution in [-0.4, -0.2) is 8.42 Å². The number of ether oxygens (including phenoxy) is 1. The van der Waals surface area contributed by atoms with Gasteiger partial charge in [-0.15, -0.1) is 0 Å². The van der Waals surface area contributed by atoms with E-state index >= 15 is 0 Å². The van der Waals surface area contributed by atoms with E-state index in [0.717, 1.165) is 21.2 Å². The van der Waals surface area contributed by atoms with Gasteiger partial charge in [0.15, 0.2) is 0 Å². The zero-order valence-electron chi connectivity index (χ0n) is 14.9. The van der Waals surface area contributed by atoms with Crippen molar-refractivity contribution in [1.29, 1.82) is 0 Å². The maximum Gasteiger partial charge on any atom is 0.216 e. The van der Waals surface area contributed by atoms with Gasteiger partial charge in [-0.1, -0.05) is 52.3 Å². The van der Waals surface area contributed by atoms with Crippen molar-refractivity contribution in [2.24, 2.45) is 0 Å². The van der Waals surface area contributed by atoms with Crippen molar-refractivity contribution in [2.45, 2.75) is 18.9 Å². The maximum absolute atomic E-state index is 12.9. The Kier molecular flexibility index (Phi) is 6.83. The highest BCUT2D eigenvalue weighted by Crippen LogP contribution is 2.16. The van der Waals surface area contributed by atoms with Crippen molar-refractivity contribution >= 4 is 26.0 Å². The number of benzene rings is 3. The first kappa shape index (κ1) is 20.5. The van der Waals surface area contributed by atoms with Gasteiger partial charge in [0.05, 0.1) is 5.75 Å². The van der Waals surface area contributed by atoms with Gasteiger partial charge < -0.3 is 4.74 Å². The van der Waals surface area contributed by atoms with Crippen molar-refractivity contribution in [3.63, 3.8) is 0 Å². The first-order chi connectivity index (χ1) is 13.4. The summed E-state index contributed by atoms with van der Waals surface area (Å²) in [6.45, 7) is 0.538. The van der Waals surface area contributed by atoms with Gasteiger partial charge >= 0.3 is 0 Å². The van der Waals surface area contributed by atoms with E-state index in [1.54, 1.807) is 36.4 Å². The molecule has 0 unspecified atom stereocenters. The van der Waals surface area contributed by atoms with Crippen LogP contribution in [0.15, 0.2) is 77.3 Å². The second-order valence-electron chi connectivity index (χ2n) is 6.27. The van der Waals surface area contributed by atoms with E-state index in [2.05, 4.69) is 20.7 Å². The second-order valence-corrected chi connectivity index (χ2v) is 8.99. The number of hydrogen-bond acceptors (Lipinski definition) is 3. The molecule has 0 saturated carbocycles. The Balaban J connectivity index is 1.50. The Morgan fingerprint density at radius 1 is 0.821 bits per heavy atom. The third-order valence-corrected chi connectivity index (χ3v) is 5.83. The Hall–Kier alpha value is -2.22. The minimum Gasteiger partial charge on any atom is -0.489 e. The lowest BCUT2D eigenvalue weighted by Gasteiger charge is -2.09. The van der Waals surface area contributed by atoms with Crippen molar-refractivity contribution in [1.82, 2.24) is 4.72 Å². The SMILES string of the molecule is O=S(=O)(Cc1ccc(Br)cc1)NCc1ccc(OCc2ccc(F)cc2)cc1. The van der Waals surface area contributed by atoms with Crippen molar-refractivity contribution in [3.8, 4) is 5.75 Å². The second kappa shape index (κ2) is 9.32. The lowest BCUT2D eigenvalue weighted by Crippen LogP contribution is -2.24. The largest absolute Gasteiger partial charge is 0.489 e. The molecule has 0 aliphatic heterocycles. The fourth-order valence-corrected chi connectivity index (χ4v) is 3.88. The average Bonchev–Trinajstić information content (AvgIpc) is 2.68. The molecule has 3 rings (SSSR count). The summed E-state index contributed by atoms with van der Waals surface area (Å²) >= 11 is 3.33. The Labute approximate surface area is 172 Å². The molecule has 0 heterocycles. The van der Waals surface area contributed by atoms with E-state index in [1.807, 2.05) is 24.3 Å². The van der Waals surface area contributed by atoms with Crippen LogP contribution >= 0.6 is 15.9 Å². The summed E-state index contributed by atoms with van der Waals surface area (Å²) < 4.78 is 46.5. The van der Waals surface area contributed by atoms with E-state index in [4.69, 9.17) is 4.74 Å². The molecular formula is C21H19BrFNO3S. The molecule has 1 N–H and O–H groups in total. The lowest BCUT2D eigenvalue weighted by molar-refractivity contribution is 0.306. The van der Waals surface area contributed by atoms with Gasteiger partial charge in [0.1, 0.15) is 18.2 Å². The zero-order chi connectivity index (χ0) is 20.0. The molecule has 4 nitrogen and oxygen atoms in total. The van der Waals surface area contributed by atoms with E-state index in [9.17, 15) is 12.8 Å². The van der Waals surface area contributed by atoms with Crippen molar-refractivity contribution < 1.29 is 17.5 Å². The maximum atomic E-state index is 12.9. The molecular weight excluding hydrogens is 445 g/mol. The molecule has 7 heteroatoms. The Morgan fingerprint density at radius 3 is 2.04 bits per heavy atom. The monoisotopic (exact) mass is 463 g/mol. The van der Waals surface area contributed by atoms with Gasteiger partial charge in [-0.2, -0.15) is 0 Å². The summed E-state index contributed by atoms with van der Waals surface area (Å²) in [6, 6.07) is 20.5. The molecule has 0 aliphatic carbocycles. The molecule has 0 aliphatic rings. The standard InChI is InChI=1S/C21H19BrFNO3S/c22-19-7-1-18(2-8-19)15-28(25,26)24-13-16-5-11-21(12-6-16)27-14-17-3-9-20(23)10-4-17/h1-12,24H,13-15H2. The van der Waals surface area contributed by atoms with Crippen LogP contribution in [0.2, 0.25) is 0 Å². The summed E-state index contributed by atoms with van der Waals surface area (Å²) in [5, 5.41) is 0. The van der Waals surface area contributed by atoms with E-state index in [1.165, 1.54) is 12.1 Å². The summed E-state index contributed by atoms with van der Waals surface area (Å²) in [5.74, 6) is 0.306. The lowest BCUT2D eigenvalue weighted by atomic mass is 10.2. The molecule has 0 fully saturated rings. The van der Waals surface area contributed by atoms with Crippen LogP contribution in [0, 0.1) is 5.82 Å². The molecule has 0 saturated heterocycles. The molecule has 0 aromatic heterocycles. The van der Waals surface area contributed by atoms with E-state index < -0.39 is 10.0 Å². The molecule has 146 valence electrons. The van der Waals surface area contributed by atoms with E-state index in [-0.39, 0.29) is 18.1 Å². The van der Waals surface area contributed by atoms with Gasteiger partial charge in [0, 0.05) is 11.0 Å². The highest BCUT2D eigenvalue weighted by molar-refractivity contribution is 9.10. The van der Waals surface area contributed by atoms with Crippen LogP contribution in [0.1, 0.15) is 16.7 Å².